The topological polar surface area (TPSA) is 77.8 Å². The lowest BCUT2D eigenvalue weighted by Gasteiger charge is -2.18. The van der Waals surface area contributed by atoms with Gasteiger partial charge in [-0.25, -0.2) is 0 Å². The highest BCUT2D eigenvalue weighted by molar-refractivity contribution is 5.99. The first-order chi connectivity index (χ1) is 15.6. The summed E-state index contributed by atoms with van der Waals surface area (Å²) in [7, 11) is 0. The zero-order valence-corrected chi connectivity index (χ0v) is 17.5. The molecule has 0 fully saturated rings. The van der Waals surface area contributed by atoms with Crippen molar-refractivity contribution in [2.45, 2.75) is 18.3 Å². The van der Waals surface area contributed by atoms with Crippen LogP contribution in [-0.2, 0) is 0 Å². The van der Waals surface area contributed by atoms with Crippen LogP contribution in [0, 0.1) is 0 Å². The first kappa shape index (κ1) is 23.1. The predicted octanol–water partition coefficient (Wildman–Crippen LogP) is 5.06. The fourth-order valence-electron chi connectivity index (χ4n) is 3.21. The molecule has 0 saturated carbocycles. The maximum Gasteiger partial charge on any atom is 0.195 e. The summed E-state index contributed by atoms with van der Waals surface area (Å²) in [6, 6.07) is 36.1. The summed E-state index contributed by atoms with van der Waals surface area (Å²) in [6.07, 6.45) is -2.85. The molecule has 0 amide bonds. The van der Waals surface area contributed by atoms with Crippen LogP contribution in [0.1, 0.15) is 45.4 Å². The summed E-state index contributed by atoms with van der Waals surface area (Å²) in [6.45, 7) is 0. The summed E-state index contributed by atoms with van der Waals surface area (Å²) in [5.74, 6) is -0.271. The van der Waals surface area contributed by atoms with E-state index in [1.165, 1.54) is 0 Å². The van der Waals surface area contributed by atoms with Gasteiger partial charge in [0.1, 0.15) is 18.3 Å². The van der Waals surface area contributed by atoms with E-state index in [9.17, 15) is 20.1 Å². The average Bonchev–Trinajstić information content (AvgIpc) is 2.89. The largest absolute Gasteiger partial charge is 0.385 e. The van der Waals surface area contributed by atoms with Crippen LogP contribution in [0.15, 0.2) is 121 Å². The van der Waals surface area contributed by atoms with Gasteiger partial charge in [-0.05, 0) is 16.7 Å². The van der Waals surface area contributed by atoms with E-state index in [4.69, 9.17) is 0 Å². The van der Waals surface area contributed by atoms with Crippen LogP contribution in [0.3, 0.4) is 0 Å². The molecule has 0 radical (unpaired) electrons. The fraction of sp³-hybridized carbons (Fsp3) is 0.107. The van der Waals surface area contributed by atoms with Gasteiger partial charge in [-0.2, -0.15) is 0 Å². The zero-order valence-electron chi connectivity index (χ0n) is 17.5. The molecule has 4 nitrogen and oxygen atoms in total. The molecule has 162 valence electrons. The van der Waals surface area contributed by atoms with Crippen LogP contribution in [0.25, 0.3) is 0 Å². The normalized spacial score (nSPS) is 13.2. The molecule has 3 atom stereocenters. The lowest BCUT2D eigenvalue weighted by molar-refractivity contribution is 0.0172. The molecule has 0 aliphatic heterocycles. The van der Waals surface area contributed by atoms with E-state index in [0.29, 0.717) is 11.1 Å². The van der Waals surface area contributed by atoms with Gasteiger partial charge in [-0.15, -0.1) is 0 Å². The Morgan fingerprint density at radius 2 is 0.781 bits per heavy atom. The van der Waals surface area contributed by atoms with Gasteiger partial charge in [-0.1, -0.05) is 121 Å². The van der Waals surface area contributed by atoms with Crippen LogP contribution in [0.4, 0.5) is 0 Å². The number of Topliss-reactive ketones (excluding diaryl/α,β-unsaturated/α-hetero) is 1. The molecule has 4 rings (SSSR count). The number of carbonyl (C=O) groups is 1. The number of carbonyl (C=O) groups excluding carboxylic acids is 1. The van der Waals surface area contributed by atoms with Crippen molar-refractivity contribution in [1.82, 2.24) is 0 Å². The number of hydrogen-bond donors (Lipinski definition) is 3. The second-order valence-electron chi connectivity index (χ2n) is 7.25. The molecule has 0 heterocycles. The van der Waals surface area contributed by atoms with Gasteiger partial charge in [0.25, 0.3) is 0 Å². The maximum atomic E-state index is 11.9. The molecule has 4 heteroatoms. The highest BCUT2D eigenvalue weighted by Gasteiger charge is 2.19. The smallest absolute Gasteiger partial charge is 0.195 e. The number of aliphatic hydroxyl groups is 3. The molecule has 4 aromatic rings. The molecule has 0 saturated heterocycles. The summed E-state index contributed by atoms with van der Waals surface area (Å²) in [5.41, 5.74) is 2.59. The van der Waals surface area contributed by atoms with Crippen molar-refractivity contribution in [3.05, 3.63) is 144 Å². The van der Waals surface area contributed by atoms with Gasteiger partial charge in [0.2, 0.25) is 0 Å². The molecule has 0 aliphatic carbocycles. The van der Waals surface area contributed by atoms with Crippen molar-refractivity contribution < 1.29 is 20.1 Å². The van der Waals surface area contributed by atoms with Gasteiger partial charge < -0.3 is 15.3 Å². The fourth-order valence-corrected chi connectivity index (χ4v) is 3.21. The highest BCUT2D eigenvalue weighted by atomic mass is 16.3. The van der Waals surface area contributed by atoms with Crippen LogP contribution < -0.4 is 0 Å². The van der Waals surface area contributed by atoms with Gasteiger partial charge in [0, 0.05) is 5.56 Å². The Morgan fingerprint density at radius 3 is 1.16 bits per heavy atom. The molecular weight excluding hydrogens is 400 g/mol. The second kappa shape index (κ2) is 11.7. The number of aliphatic hydroxyl groups excluding tert-OH is 3. The molecule has 0 bridgehead atoms. The molecule has 0 aliphatic rings. The number of ketones is 1. The van der Waals surface area contributed by atoms with Crippen LogP contribution >= 0.6 is 0 Å². The molecule has 4 aromatic carbocycles. The van der Waals surface area contributed by atoms with Crippen LogP contribution in [0.5, 0.6) is 0 Å². The number of benzene rings is 4. The van der Waals surface area contributed by atoms with Crippen molar-refractivity contribution in [2.75, 3.05) is 0 Å². The Hall–Kier alpha value is -3.57. The van der Waals surface area contributed by atoms with E-state index < -0.39 is 18.3 Å². The maximum absolute atomic E-state index is 11.9. The standard InChI is InChI=1S/C14H14O2.C14H12O2/c2*15-13(11-7-3-1-4-8-11)14(16)12-9-5-2-6-10-12/h1-10,13-16H;1-10,13,15H. The van der Waals surface area contributed by atoms with E-state index in [2.05, 4.69) is 0 Å². The number of hydrogen-bond acceptors (Lipinski definition) is 4. The zero-order chi connectivity index (χ0) is 22.8. The minimum Gasteiger partial charge on any atom is -0.385 e. The van der Waals surface area contributed by atoms with E-state index in [0.717, 1.165) is 11.1 Å². The second-order valence-corrected chi connectivity index (χ2v) is 7.25. The Morgan fingerprint density at radius 1 is 0.469 bits per heavy atom. The predicted molar refractivity (Wildman–Crippen MR) is 125 cm³/mol. The van der Waals surface area contributed by atoms with E-state index in [1.807, 2.05) is 48.5 Å². The van der Waals surface area contributed by atoms with Crippen molar-refractivity contribution in [3.8, 4) is 0 Å². The van der Waals surface area contributed by atoms with Crippen molar-refractivity contribution in [3.63, 3.8) is 0 Å². The van der Waals surface area contributed by atoms with Crippen LogP contribution in [-0.4, -0.2) is 21.1 Å². The van der Waals surface area contributed by atoms with Crippen LogP contribution in [0.2, 0.25) is 0 Å². The molecule has 0 aromatic heterocycles. The summed E-state index contributed by atoms with van der Waals surface area (Å²) < 4.78 is 0. The summed E-state index contributed by atoms with van der Waals surface area (Å²) in [5, 5.41) is 29.9. The Kier molecular flexibility index (Phi) is 8.46. The lowest BCUT2D eigenvalue weighted by atomic mass is 9.99. The number of rotatable bonds is 6. The van der Waals surface area contributed by atoms with Gasteiger partial charge in [-0.3, -0.25) is 4.79 Å². The quantitative estimate of drug-likeness (QED) is 0.377. The third kappa shape index (κ3) is 6.22. The minimum absolute atomic E-state index is 0.271. The first-order valence-corrected chi connectivity index (χ1v) is 10.4. The van der Waals surface area contributed by atoms with Crippen molar-refractivity contribution in [1.29, 1.82) is 0 Å². The van der Waals surface area contributed by atoms with Crippen molar-refractivity contribution >= 4 is 5.78 Å². The molecule has 0 spiro atoms. The third-order valence-electron chi connectivity index (χ3n) is 5.00. The average molecular weight is 427 g/mol. The molecule has 3 N–H and O–H groups in total. The van der Waals surface area contributed by atoms with Gasteiger partial charge in [0.05, 0.1) is 0 Å². The Labute approximate surface area is 188 Å². The molecule has 32 heavy (non-hydrogen) atoms. The van der Waals surface area contributed by atoms with Gasteiger partial charge >= 0.3 is 0 Å². The van der Waals surface area contributed by atoms with Crippen molar-refractivity contribution in [2.24, 2.45) is 0 Å². The lowest BCUT2D eigenvalue weighted by Crippen LogP contribution is -2.11. The Balaban J connectivity index is 0.000000181. The SMILES string of the molecule is O=C(c1ccccc1)C(O)c1ccccc1.OC(c1ccccc1)C(O)c1ccccc1. The van der Waals surface area contributed by atoms with E-state index in [1.54, 1.807) is 72.8 Å². The highest BCUT2D eigenvalue weighted by Crippen LogP contribution is 2.28. The summed E-state index contributed by atoms with van der Waals surface area (Å²) in [4.78, 5) is 11.9. The molecule has 3 unspecified atom stereocenters. The van der Waals surface area contributed by atoms with E-state index in [-0.39, 0.29) is 5.78 Å². The van der Waals surface area contributed by atoms with Gasteiger partial charge in [0.15, 0.2) is 5.78 Å². The minimum atomic E-state index is -1.08. The van der Waals surface area contributed by atoms with E-state index >= 15 is 0 Å². The monoisotopic (exact) mass is 426 g/mol. The first-order valence-electron chi connectivity index (χ1n) is 10.4. The summed E-state index contributed by atoms with van der Waals surface area (Å²) >= 11 is 0. The Bertz CT molecular complexity index is 1020. The molecular formula is C28H26O4. The third-order valence-corrected chi connectivity index (χ3v) is 5.00.